The first-order chi connectivity index (χ1) is 8.94. The normalized spacial score (nSPS) is 18.6. The molecule has 0 aliphatic carbocycles. The van der Waals surface area contributed by atoms with Gasteiger partial charge in [-0.25, -0.2) is 8.42 Å². The highest BCUT2D eigenvalue weighted by Gasteiger charge is 2.16. The van der Waals surface area contributed by atoms with Gasteiger partial charge in [0.15, 0.2) is 0 Å². The molecule has 0 saturated carbocycles. The first-order valence-corrected chi connectivity index (χ1v) is 8.82. The van der Waals surface area contributed by atoms with Gasteiger partial charge in [-0.1, -0.05) is 24.3 Å². The Morgan fingerprint density at radius 3 is 2.26 bits per heavy atom. The lowest BCUT2D eigenvalue weighted by Crippen LogP contribution is -2.44. The lowest BCUT2D eigenvalue weighted by atomic mass is 10.1. The zero-order chi connectivity index (χ0) is 13.9. The molecule has 1 aromatic carbocycles. The SMILES string of the molecule is CN1CCN(Cc2ccccc2CS(=O)(=O)Cl)CC1. The summed E-state index contributed by atoms with van der Waals surface area (Å²) in [6.07, 6.45) is 0. The van der Waals surface area contributed by atoms with Gasteiger partial charge in [0.25, 0.3) is 0 Å². The highest BCUT2D eigenvalue weighted by Crippen LogP contribution is 2.17. The summed E-state index contributed by atoms with van der Waals surface area (Å²) >= 11 is 0. The Labute approximate surface area is 119 Å². The van der Waals surface area contributed by atoms with Gasteiger partial charge in [0.1, 0.15) is 0 Å². The van der Waals surface area contributed by atoms with Gasteiger partial charge in [-0.2, -0.15) is 0 Å². The Morgan fingerprint density at radius 2 is 1.68 bits per heavy atom. The monoisotopic (exact) mass is 302 g/mol. The van der Waals surface area contributed by atoms with Gasteiger partial charge in [-0.05, 0) is 18.2 Å². The maximum atomic E-state index is 11.2. The Balaban J connectivity index is 2.07. The minimum Gasteiger partial charge on any atom is -0.304 e. The molecule has 106 valence electrons. The molecule has 1 heterocycles. The lowest BCUT2D eigenvalue weighted by molar-refractivity contribution is 0.148. The molecule has 6 heteroatoms. The second-order valence-electron chi connectivity index (χ2n) is 5.03. The maximum absolute atomic E-state index is 11.2. The van der Waals surface area contributed by atoms with Crippen LogP contribution >= 0.6 is 10.7 Å². The van der Waals surface area contributed by atoms with E-state index in [1.165, 1.54) is 0 Å². The molecule has 1 aliphatic heterocycles. The maximum Gasteiger partial charge on any atom is 0.236 e. The Kier molecular flexibility index (Phi) is 4.84. The summed E-state index contributed by atoms with van der Waals surface area (Å²) in [4.78, 5) is 4.64. The molecular formula is C13H19ClN2O2S. The number of piperazine rings is 1. The van der Waals surface area contributed by atoms with E-state index in [0.717, 1.165) is 43.9 Å². The molecule has 1 aromatic rings. The van der Waals surface area contributed by atoms with Crippen LogP contribution in [-0.4, -0.2) is 51.4 Å². The van der Waals surface area contributed by atoms with Gasteiger partial charge in [-0.3, -0.25) is 4.90 Å². The number of nitrogens with zero attached hydrogens (tertiary/aromatic N) is 2. The minimum absolute atomic E-state index is 0.0987. The Bertz CT molecular complexity index is 525. The van der Waals surface area contributed by atoms with Crippen molar-refractivity contribution in [1.29, 1.82) is 0 Å². The van der Waals surface area contributed by atoms with E-state index in [2.05, 4.69) is 16.8 Å². The van der Waals surface area contributed by atoms with Crippen LogP contribution in [0.25, 0.3) is 0 Å². The third kappa shape index (κ3) is 4.76. The van der Waals surface area contributed by atoms with E-state index >= 15 is 0 Å². The summed E-state index contributed by atoms with van der Waals surface area (Å²) in [5.41, 5.74) is 1.85. The van der Waals surface area contributed by atoms with Crippen LogP contribution in [-0.2, 0) is 21.3 Å². The first-order valence-electron chi connectivity index (χ1n) is 6.34. The standard InChI is InChI=1S/C13H19ClN2O2S/c1-15-6-8-16(9-7-15)10-12-4-2-3-5-13(12)11-19(14,17)18/h2-5H,6-11H2,1H3. The summed E-state index contributed by atoms with van der Waals surface area (Å²) in [6, 6.07) is 7.61. The fourth-order valence-electron chi connectivity index (χ4n) is 2.29. The van der Waals surface area contributed by atoms with E-state index in [1.807, 2.05) is 24.3 Å². The molecule has 0 aromatic heterocycles. The van der Waals surface area contributed by atoms with Crippen LogP contribution in [0.4, 0.5) is 0 Å². The minimum atomic E-state index is -3.50. The molecule has 0 unspecified atom stereocenters. The van der Waals surface area contributed by atoms with Crippen molar-refractivity contribution in [2.45, 2.75) is 12.3 Å². The summed E-state index contributed by atoms with van der Waals surface area (Å²) in [7, 11) is 3.97. The molecule has 0 radical (unpaired) electrons. The summed E-state index contributed by atoms with van der Waals surface area (Å²) in [5, 5.41) is 0. The zero-order valence-corrected chi connectivity index (χ0v) is 12.6. The van der Waals surface area contributed by atoms with Gasteiger partial charge in [-0.15, -0.1) is 0 Å². The van der Waals surface area contributed by atoms with Crippen LogP contribution in [0.1, 0.15) is 11.1 Å². The highest BCUT2D eigenvalue weighted by atomic mass is 35.7. The average molecular weight is 303 g/mol. The number of likely N-dealkylation sites (N-methyl/N-ethyl adjacent to an activating group) is 1. The van der Waals surface area contributed by atoms with Gasteiger partial charge in [0.2, 0.25) is 9.05 Å². The van der Waals surface area contributed by atoms with Crippen molar-refractivity contribution in [3.05, 3.63) is 35.4 Å². The molecule has 1 aliphatic rings. The van der Waals surface area contributed by atoms with Crippen molar-refractivity contribution >= 4 is 19.7 Å². The number of hydrogen-bond acceptors (Lipinski definition) is 4. The molecule has 0 amide bonds. The molecule has 0 bridgehead atoms. The molecular weight excluding hydrogens is 284 g/mol. The zero-order valence-electron chi connectivity index (χ0n) is 11.0. The van der Waals surface area contributed by atoms with Crippen molar-refractivity contribution in [3.8, 4) is 0 Å². The predicted octanol–water partition coefficient (Wildman–Crippen LogP) is 1.50. The first kappa shape index (κ1) is 14.8. The smallest absolute Gasteiger partial charge is 0.236 e. The van der Waals surface area contributed by atoms with E-state index in [-0.39, 0.29) is 5.75 Å². The van der Waals surface area contributed by atoms with Crippen molar-refractivity contribution in [2.24, 2.45) is 0 Å². The Morgan fingerprint density at radius 1 is 1.11 bits per heavy atom. The van der Waals surface area contributed by atoms with E-state index in [0.29, 0.717) is 0 Å². The third-order valence-corrected chi connectivity index (χ3v) is 4.42. The summed E-state index contributed by atoms with van der Waals surface area (Å²) in [5.74, 6) is -0.0987. The van der Waals surface area contributed by atoms with Crippen LogP contribution in [0.15, 0.2) is 24.3 Å². The van der Waals surface area contributed by atoms with Crippen LogP contribution < -0.4 is 0 Å². The molecule has 4 nitrogen and oxygen atoms in total. The second kappa shape index (κ2) is 6.22. The number of hydrogen-bond donors (Lipinski definition) is 0. The predicted molar refractivity (Wildman–Crippen MR) is 77.7 cm³/mol. The van der Waals surface area contributed by atoms with Gasteiger partial charge >= 0.3 is 0 Å². The number of benzene rings is 1. The van der Waals surface area contributed by atoms with Crippen molar-refractivity contribution in [3.63, 3.8) is 0 Å². The molecule has 0 atom stereocenters. The third-order valence-electron chi connectivity index (χ3n) is 3.44. The molecule has 19 heavy (non-hydrogen) atoms. The van der Waals surface area contributed by atoms with Gasteiger partial charge in [0.05, 0.1) is 5.75 Å². The number of halogens is 1. The van der Waals surface area contributed by atoms with Crippen LogP contribution in [0.5, 0.6) is 0 Å². The van der Waals surface area contributed by atoms with Crippen molar-refractivity contribution in [1.82, 2.24) is 9.80 Å². The van der Waals surface area contributed by atoms with Crippen LogP contribution in [0.2, 0.25) is 0 Å². The fraction of sp³-hybridized carbons (Fsp3) is 0.538. The topological polar surface area (TPSA) is 40.6 Å². The quantitative estimate of drug-likeness (QED) is 0.791. The largest absolute Gasteiger partial charge is 0.304 e. The molecule has 0 spiro atoms. The summed E-state index contributed by atoms with van der Waals surface area (Å²) in [6.45, 7) is 4.92. The molecule has 1 fully saturated rings. The Hall–Kier alpha value is -0.620. The average Bonchev–Trinajstić information content (AvgIpc) is 2.33. The van der Waals surface area contributed by atoms with Crippen molar-refractivity contribution in [2.75, 3.05) is 33.2 Å². The molecule has 0 N–H and O–H groups in total. The van der Waals surface area contributed by atoms with Crippen molar-refractivity contribution < 1.29 is 8.42 Å². The molecule has 2 rings (SSSR count). The number of rotatable bonds is 4. The lowest BCUT2D eigenvalue weighted by Gasteiger charge is -2.32. The fourth-order valence-corrected chi connectivity index (χ4v) is 3.29. The van der Waals surface area contributed by atoms with E-state index in [9.17, 15) is 8.42 Å². The second-order valence-corrected chi connectivity index (χ2v) is 7.81. The van der Waals surface area contributed by atoms with E-state index in [4.69, 9.17) is 10.7 Å². The van der Waals surface area contributed by atoms with E-state index < -0.39 is 9.05 Å². The highest BCUT2D eigenvalue weighted by molar-refractivity contribution is 8.13. The van der Waals surface area contributed by atoms with Gasteiger partial charge in [0, 0.05) is 43.4 Å². The summed E-state index contributed by atoms with van der Waals surface area (Å²) < 4.78 is 22.5. The van der Waals surface area contributed by atoms with Gasteiger partial charge < -0.3 is 4.90 Å². The van der Waals surface area contributed by atoms with Crippen LogP contribution in [0, 0.1) is 0 Å². The van der Waals surface area contributed by atoms with E-state index in [1.54, 1.807) is 0 Å². The molecule has 1 saturated heterocycles. The van der Waals surface area contributed by atoms with Crippen LogP contribution in [0.3, 0.4) is 0 Å².